The minimum absolute atomic E-state index is 0.0176. The summed E-state index contributed by atoms with van der Waals surface area (Å²) in [5, 5.41) is 35.8. The van der Waals surface area contributed by atoms with Crippen molar-refractivity contribution in [1.29, 1.82) is 0 Å². The van der Waals surface area contributed by atoms with Gasteiger partial charge in [0.05, 0.1) is 24.7 Å². The maximum absolute atomic E-state index is 12.8. The number of nitrogens with one attached hydrogen (secondary N) is 2. The molecule has 45 heavy (non-hydrogen) atoms. The van der Waals surface area contributed by atoms with Crippen LogP contribution < -0.4 is 10.6 Å². The van der Waals surface area contributed by atoms with E-state index in [0.29, 0.717) is 30.6 Å². The fourth-order valence-corrected chi connectivity index (χ4v) is 6.28. The van der Waals surface area contributed by atoms with E-state index in [9.17, 15) is 24.9 Å². The van der Waals surface area contributed by atoms with Gasteiger partial charge in [0.2, 0.25) is 5.91 Å². The molecular formula is C36H50N2O6Si. The Kier molecular flexibility index (Phi) is 12.5. The maximum atomic E-state index is 12.8. The third-order valence-corrected chi connectivity index (χ3v) is 13.2. The van der Waals surface area contributed by atoms with E-state index in [1.165, 1.54) is 0 Å². The highest BCUT2D eigenvalue weighted by Gasteiger charge is 2.39. The number of carboxylic acid groups (broad SMARTS) is 1. The number of aromatic hydroxyl groups is 1. The molecule has 0 heterocycles. The Morgan fingerprint density at radius 1 is 0.956 bits per heavy atom. The summed E-state index contributed by atoms with van der Waals surface area (Å²) in [4.78, 5) is 24.2. The van der Waals surface area contributed by atoms with Crippen molar-refractivity contribution >= 4 is 20.2 Å². The SMILES string of the molecule is CCc1cc(CNC(=O)Cc2cccc(C[C@@H](C)NC[C@H](O[Si](C)(C)C(C)(C)C)c3ccc(O)c(CO)c3)c2)ccc1C(=O)O. The molecule has 8 nitrogen and oxygen atoms in total. The molecule has 0 bridgehead atoms. The van der Waals surface area contributed by atoms with E-state index in [4.69, 9.17) is 4.43 Å². The number of carboxylic acids is 1. The predicted octanol–water partition coefficient (Wildman–Crippen LogP) is 6.29. The van der Waals surface area contributed by atoms with Gasteiger partial charge in [-0.3, -0.25) is 4.79 Å². The van der Waals surface area contributed by atoms with Crippen LogP contribution in [-0.4, -0.2) is 48.1 Å². The number of amides is 1. The van der Waals surface area contributed by atoms with Gasteiger partial charge in [0.1, 0.15) is 5.75 Å². The van der Waals surface area contributed by atoms with Gasteiger partial charge < -0.3 is 30.4 Å². The number of carbonyl (C=O) groups is 2. The lowest BCUT2D eigenvalue weighted by atomic mass is 10.0. The third-order valence-electron chi connectivity index (χ3n) is 8.71. The van der Waals surface area contributed by atoms with Crippen molar-refractivity contribution in [2.45, 2.75) is 97.3 Å². The molecule has 0 aliphatic heterocycles. The quantitative estimate of drug-likeness (QED) is 0.124. The van der Waals surface area contributed by atoms with Crippen LogP contribution in [0.4, 0.5) is 0 Å². The number of aromatic carboxylic acids is 1. The van der Waals surface area contributed by atoms with E-state index in [0.717, 1.165) is 34.2 Å². The summed E-state index contributed by atoms with van der Waals surface area (Å²) in [5.41, 5.74) is 5.35. The lowest BCUT2D eigenvalue weighted by molar-refractivity contribution is -0.120. The summed E-state index contributed by atoms with van der Waals surface area (Å²) in [7, 11) is -2.13. The Morgan fingerprint density at radius 2 is 1.67 bits per heavy atom. The molecule has 0 aromatic heterocycles. The smallest absolute Gasteiger partial charge is 0.335 e. The molecule has 0 aliphatic rings. The van der Waals surface area contributed by atoms with Crippen LogP contribution in [-0.2, 0) is 41.6 Å². The first-order chi connectivity index (χ1) is 21.1. The molecule has 3 rings (SSSR count). The van der Waals surface area contributed by atoms with Crippen molar-refractivity contribution in [2.75, 3.05) is 6.54 Å². The first-order valence-electron chi connectivity index (χ1n) is 15.7. The Hall–Kier alpha value is -3.50. The highest BCUT2D eigenvalue weighted by atomic mass is 28.4. The summed E-state index contributed by atoms with van der Waals surface area (Å²) in [6.07, 6.45) is 1.37. The Morgan fingerprint density at radius 3 is 2.31 bits per heavy atom. The first-order valence-corrected chi connectivity index (χ1v) is 18.6. The number of hydrogen-bond acceptors (Lipinski definition) is 6. The fraction of sp³-hybridized carbons (Fsp3) is 0.444. The molecule has 3 aromatic carbocycles. The summed E-state index contributed by atoms with van der Waals surface area (Å²) in [5.74, 6) is -0.970. The summed E-state index contributed by atoms with van der Waals surface area (Å²) in [6, 6.07) is 18.6. The molecule has 5 N–H and O–H groups in total. The largest absolute Gasteiger partial charge is 0.508 e. The molecule has 0 fully saturated rings. The van der Waals surface area contributed by atoms with Crippen LogP contribution in [0.3, 0.4) is 0 Å². The van der Waals surface area contributed by atoms with Gasteiger partial charge in [-0.05, 0) is 83.9 Å². The van der Waals surface area contributed by atoms with E-state index in [2.05, 4.69) is 63.6 Å². The molecule has 0 radical (unpaired) electrons. The van der Waals surface area contributed by atoms with E-state index in [1.54, 1.807) is 18.2 Å². The van der Waals surface area contributed by atoms with Gasteiger partial charge in [0, 0.05) is 24.7 Å². The zero-order chi connectivity index (χ0) is 33.4. The third kappa shape index (κ3) is 10.3. The normalized spacial score (nSPS) is 13.3. The van der Waals surface area contributed by atoms with Gasteiger partial charge >= 0.3 is 5.97 Å². The molecular weight excluding hydrogens is 584 g/mol. The van der Waals surface area contributed by atoms with Crippen LogP contribution >= 0.6 is 0 Å². The van der Waals surface area contributed by atoms with Crippen LogP contribution in [0.25, 0.3) is 0 Å². The lowest BCUT2D eigenvalue weighted by Gasteiger charge is -2.40. The molecule has 0 saturated carbocycles. The molecule has 244 valence electrons. The Balaban J connectivity index is 1.62. The number of rotatable bonds is 15. The van der Waals surface area contributed by atoms with Crippen LogP contribution in [0.2, 0.25) is 18.1 Å². The maximum Gasteiger partial charge on any atom is 0.335 e. The number of aliphatic hydroxyl groups is 1. The molecule has 0 spiro atoms. The molecule has 2 atom stereocenters. The predicted molar refractivity (Wildman–Crippen MR) is 181 cm³/mol. The zero-order valence-corrected chi connectivity index (χ0v) is 28.7. The van der Waals surface area contributed by atoms with Gasteiger partial charge in [-0.1, -0.05) is 70.2 Å². The minimum Gasteiger partial charge on any atom is -0.508 e. The molecule has 1 amide bonds. The zero-order valence-electron chi connectivity index (χ0n) is 27.7. The average Bonchev–Trinajstić information content (AvgIpc) is 2.97. The van der Waals surface area contributed by atoms with Crippen molar-refractivity contribution in [3.63, 3.8) is 0 Å². The number of phenols is 1. The minimum atomic E-state index is -2.13. The standard InChI is InChI=1S/C36H50N2O6Si/c1-8-28-18-27(12-14-31(28)35(42)43)21-38-34(41)19-26-11-9-10-25(17-26)16-24(2)37-22-33(44-45(6,7)36(3,4)5)29-13-15-32(40)30(20-29)23-39/h9-15,17-18,20,24,33,37,39-40H,8,16,19,21-23H2,1-7H3,(H,38,41)(H,42,43)/t24-,33+/m1/s1. The highest BCUT2D eigenvalue weighted by molar-refractivity contribution is 6.74. The van der Waals surface area contributed by atoms with E-state index >= 15 is 0 Å². The van der Waals surface area contributed by atoms with Gasteiger partial charge in [0.25, 0.3) is 0 Å². The Bertz CT molecular complexity index is 1470. The van der Waals surface area contributed by atoms with Gasteiger partial charge in [-0.15, -0.1) is 0 Å². The lowest BCUT2D eigenvalue weighted by Crippen LogP contribution is -2.44. The number of benzene rings is 3. The van der Waals surface area contributed by atoms with Crippen molar-refractivity contribution in [1.82, 2.24) is 10.6 Å². The van der Waals surface area contributed by atoms with Crippen LogP contribution in [0, 0.1) is 0 Å². The number of hydrogen-bond donors (Lipinski definition) is 5. The Labute approximate surface area is 269 Å². The van der Waals surface area contributed by atoms with Crippen molar-refractivity contribution in [3.05, 3.63) is 99.6 Å². The molecule has 3 aromatic rings. The highest BCUT2D eigenvalue weighted by Crippen LogP contribution is 2.40. The van der Waals surface area contributed by atoms with Crippen LogP contribution in [0.1, 0.15) is 84.5 Å². The number of aryl methyl sites for hydroxylation is 1. The second-order valence-electron chi connectivity index (χ2n) is 13.4. The van der Waals surface area contributed by atoms with Crippen molar-refractivity contribution in [3.8, 4) is 5.75 Å². The van der Waals surface area contributed by atoms with E-state index in [1.807, 2.05) is 37.3 Å². The van der Waals surface area contributed by atoms with Crippen LogP contribution in [0.5, 0.6) is 5.75 Å². The molecule has 0 unspecified atom stereocenters. The molecule has 0 saturated heterocycles. The molecule has 9 heteroatoms. The van der Waals surface area contributed by atoms with Gasteiger partial charge in [-0.2, -0.15) is 0 Å². The van der Waals surface area contributed by atoms with Gasteiger partial charge in [0.15, 0.2) is 8.32 Å². The van der Waals surface area contributed by atoms with Crippen LogP contribution in [0.15, 0.2) is 60.7 Å². The monoisotopic (exact) mass is 634 g/mol. The second-order valence-corrected chi connectivity index (χ2v) is 18.1. The van der Waals surface area contributed by atoms with Crippen molar-refractivity contribution < 1.29 is 29.3 Å². The topological polar surface area (TPSA) is 128 Å². The summed E-state index contributed by atoms with van der Waals surface area (Å²) in [6.45, 7) is 15.8. The van der Waals surface area contributed by atoms with E-state index < -0.39 is 14.3 Å². The average molecular weight is 635 g/mol. The fourth-order valence-electron chi connectivity index (χ4n) is 5.00. The van der Waals surface area contributed by atoms with Crippen molar-refractivity contribution in [2.24, 2.45) is 0 Å². The summed E-state index contributed by atoms with van der Waals surface area (Å²) < 4.78 is 6.82. The van der Waals surface area contributed by atoms with E-state index in [-0.39, 0.29) is 41.9 Å². The van der Waals surface area contributed by atoms with Gasteiger partial charge in [-0.25, -0.2) is 4.79 Å². The number of aliphatic hydroxyl groups excluding tert-OH is 1. The second kappa shape index (κ2) is 15.7. The number of carbonyl (C=O) groups excluding carboxylic acids is 1. The first kappa shape index (κ1) is 36.0. The summed E-state index contributed by atoms with van der Waals surface area (Å²) >= 11 is 0. The molecule has 0 aliphatic carbocycles.